The van der Waals surface area contributed by atoms with Gasteiger partial charge in [-0.25, -0.2) is 4.79 Å². The van der Waals surface area contributed by atoms with Crippen molar-refractivity contribution in [2.24, 2.45) is 11.3 Å². The van der Waals surface area contributed by atoms with Gasteiger partial charge in [0, 0.05) is 36.0 Å². The van der Waals surface area contributed by atoms with Gasteiger partial charge >= 0.3 is 6.09 Å². The van der Waals surface area contributed by atoms with E-state index in [2.05, 4.69) is 67.0 Å². The molecule has 3 aromatic rings. The molecule has 0 radical (unpaired) electrons. The molecule has 4 aliphatic carbocycles. The molecule has 1 aromatic carbocycles. The Balaban J connectivity index is 1.26. The Kier molecular flexibility index (Phi) is 9.12. The molecule has 0 spiro atoms. The standard InChI is InChI=1S/C37H49N5O4/c1-24(2)42-23-28(22-39-42)27-12-19-38-31(21-27)33(41-34(43)26-6-9-30(10-7-26)40-35(44)46-5)37-16-13-36(14-17-37,15-18-37)29-8-11-32(45-4)25(3)20-29/h8,11-12,19-24,26,30,33H,6-7,9-10,13-18H2,1-5H3,(H,40,44)(H,41,43). The molecule has 0 saturated heterocycles. The second kappa shape index (κ2) is 13.1. The number of amides is 2. The summed E-state index contributed by atoms with van der Waals surface area (Å²) in [6.45, 7) is 6.37. The number of nitrogens with zero attached hydrogens (tertiary/aromatic N) is 3. The lowest BCUT2D eigenvalue weighted by molar-refractivity contribution is -0.129. The summed E-state index contributed by atoms with van der Waals surface area (Å²) in [7, 11) is 3.11. The summed E-state index contributed by atoms with van der Waals surface area (Å²) in [6, 6.07) is 11.0. The van der Waals surface area contributed by atoms with Gasteiger partial charge in [0.25, 0.3) is 0 Å². The number of rotatable bonds is 9. The number of alkyl carbamates (subject to hydrolysis) is 1. The van der Waals surface area contributed by atoms with Gasteiger partial charge in [0.15, 0.2) is 0 Å². The van der Waals surface area contributed by atoms with Crippen LogP contribution in [0.2, 0.25) is 0 Å². The molecule has 7 rings (SSSR count). The summed E-state index contributed by atoms with van der Waals surface area (Å²) in [4.78, 5) is 30.7. The van der Waals surface area contributed by atoms with E-state index in [1.807, 2.05) is 23.1 Å². The van der Waals surface area contributed by atoms with Gasteiger partial charge in [0.2, 0.25) is 5.91 Å². The monoisotopic (exact) mass is 627 g/mol. The molecular formula is C37H49N5O4. The average molecular weight is 628 g/mol. The number of aryl methyl sites for hydroxylation is 1. The third kappa shape index (κ3) is 6.25. The van der Waals surface area contributed by atoms with Crippen molar-refractivity contribution in [2.45, 2.75) is 109 Å². The summed E-state index contributed by atoms with van der Waals surface area (Å²) < 4.78 is 12.3. The van der Waals surface area contributed by atoms with Crippen LogP contribution >= 0.6 is 0 Å². The first kappa shape index (κ1) is 32.1. The van der Waals surface area contributed by atoms with E-state index in [9.17, 15) is 9.59 Å². The molecule has 246 valence electrons. The lowest BCUT2D eigenvalue weighted by Gasteiger charge is -2.56. The maximum atomic E-state index is 14.0. The van der Waals surface area contributed by atoms with E-state index >= 15 is 0 Å². The van der Waals surface area contributed by atoms with Gasteiger partial charge in [-0.2, -0.15) is 5.10 Å². The van der Waals surface area contributed by atoms with Gasteiger partial charge in [0.05, 0.1) is 32.2 Å². The summed E-state index contributed by atoms with van der Waals surface area (Å²) in [5.41, 5.74) is 5.75. The zero-order valence-corrected chi connectivity index (χ0v) is 28.0. The van der Waals surface area contributed by atoms with Crippen LogP contribution in [0.4, 0.5) is 4.79 Å². The van der Waals surface area contributed by atoms with E-state index in [1.54, 1.807) is 7.11 Å². The van der Waals surface area contributed by atoms with Crippen molar-refractivity contribution in [3.05, 3.63) is 65.7 Å². The Labute approximate surface area is 272 Å². The van der Waals surface area contributed by atoms with Crippen LogP contribution in [0.5, 0.6) is 5.75 Å². The van der Waals surface area contributed by atoms with Crippen molar-refractivity contribution in [1.82, 2.24) is 25.4 Å². The molecule has 2 heterocycles. The molecule has 2 bridgehead atoms. The number of methoxy groups -OCH3 is 2. The zero-order valence-electron chi connectivity index (χ0n) is 28.0. The minimum atomic E-state index is -0.410. The molecule has 4 aliphatic rings. The van der Waals surface area contributed by atoms with Crippen molar-refractivity contribution >= 4 is 12.0 Å². The second-order valence-electron chi connectivity index (χ2n) is 14.2. The van der Waals surface area contributed by atoms with Gasteiger partial charge in [-0.1, -0.05) is 12.1 Å². The summed E-state index contributed by atoms with van der Waals surface area (Å²) in [5.74, 6) is 0.948. The molecule has 1 unspecified atom stereocenters. The molecule has 4 saturated carbocycles. The van der Waals surface area contributed by atoms with Gasteiger partial charge < -0.3 is 20.1 Å². The molecule has 4 fully saturated rings. The first-order chi connectivity index (χ1) is 22.1. The normalized spacial score (nSPS) is 26.4. The molecule has 46 heavy (non-hydrogen) atoms. The number of pyridine rings is 1. The highest BCUT2D eigenvalue weighted by Gasteiger charge is 2.54. The average Bonchev–Trinajstić information content (AvgIpc) is 3.59. The van der Waals surface area contributed by atoms with E-state index in [0.29, 0.717) is 0 Å². The highest BCUT2D eigenvalue weighted by molar-refractivity contribution is 5.79. The van der Waals surface area contributed by atoms with Crippen molar-refractivity contribution in [2.75, 3.05) is 14.2 Å². The SMILES string of the molecule is COC(=O)NC1CCC(C(=O)NC(c2cc(-c3cnn(C(C)C)c3)ccn2)C23CCC(c4ccc(OC)c(C)c4)(CC2)CC3)CC1. The number of hydrogen-bond acceptors (Lipinski definition) is 6. The van der Waals surface area contributed by atoms with Crippen LogP contribution in [0.25, 0.3) is 11.1 Å². The van der Waals surface area contributed by atoms with Crippen LogP contribution in [0.15, 0.2) is 48.9 Å². The topological polar surface area (TPSA) is 107 Å². The number of ether oxygens (including phenoxy) is 2. The summed E-state index contributed by atoms with van der Waals surface area (Å²) >= 11 is 0. The Bertz CT molecular complexity index is 1530. The minimum Gasteiger partial charge on any atom is -0.496 e. The summed E-state index contributed by atoms with van der Waals surface area (Å²) in [6.07, 6.45) is 14.9. The van der Waals surface area contributed by atoms with Crippen LogP contribution in [-0.4, -0.2) is 47.0 Å². The highest BCUT2D eigenvalue weighted by atomic mass is 16.5. The molecule has 9 nitrogen and oxygen atoms in total. The van der Waals surface area contributed by atoms with Gasteiger partial charge in [-0.3, -0.25) is 14.5 Å². The van der Waals surface area contributed by atoms with Gasteiger partial charge in [0.1, 0.15) is 5.75 Å². The van der Waals surface area contributed by atoms with Crippen LogP contribution in [0.3, 0.4) is 0 Å². The van der Waals surface area contributed by atoms with Crippen molar-refractivity contribution in [3.8, 4) is 16.9 Å². The molecule has 2 N–H and O–H groups in total. The van der Waals surface area contributed by atoms with Crippen molar-refractivity contribution < 1.29 is 19.1 Å². The summed E-state index contributed by atoms with van der Waals surface area (Å²) in [5, 5.41) is 11.1. The second-order valence-corrected chi connectivity index (χ2v) is 14.2. The lowest BCUT2D eigenvalue weighted by atomic mass is 9.49. The van der Waals surface area contributed by atoms with Crippen LogP contribution in [-0.2, 0) is 14.9 Å². The number of carbonyl (C=O) groups is 2. The predicted octanol–water partition coefficient (Wildman–Crippen LogP) is 7.21. The largest absolute Gasteiger partial charge is 0.496 e. The first-order valence-electron chi connectivity index (χ1n) is 17.0. The van der Waals surface area contributed by atoms with Gasteiger partial charge in [-0.15, -0.1) is 0 Å². The number of fused-ring (bicyclic) bond motifs is 3. The Morgan fingerprint density at radius 2 is 1.67 bits per heavy atom. The predicted molar refractivity (Wildman–Crippen MR) is 178 cm³/mol. The quantitative estimate of drug-likeness (QED) is 0.260. The number of aromatic nitrogens is 3. The molecule has 2 aromatic heterocycles. The number of hydrogen-bond donors (Lipinski definition) is 2. The smallest absolute Gasteiger partial charge is 0.407 e. The maximum absolute atomic E-state index is 14.0. The van der Waals surface area contributed by atoms with E-state index in [-0.39, 0.29) is 40.8 Å². The van der Waals surface area contributed by atoms with Crippen LogP contribution < -0.4 is 15.4 Å². The number of nitrogens with one attached hydrogen (secondary N) is 2. The van der Waals surface area contributed by atoms with Crippen molar-refractivity contribution in [3.63, 3.8) is 0 Å². The van der Waals surface area contributed by atoms with E-state index in [0.717, 1.165) is 86.8 Å². The van der Waals surface area contributed by atoms with Gasteiger partial charge in [-0.05, 0) is 131 Å². The Morgan fingerprint density at radius 1 is 0.957 bits per heavy atom. The Morgan fingerprint density at radius 3 is 2.28 bits per heavy atom. The maximum Gasteiger partial charge on any atom is 0.407 e. The molecular weight excluding hydrogens is 578 g/mol. The number of benzene rings is 1. The first-order valence-corrected chi connectivity index (χ1v) is 17.0. The highest BCUT2D eigenvalue weighted by Crippen LogP contribution is 2.62. The Hall–Kier alpha value is -3.88. The molecule has 0 aliphatic heterocycles. The fourth-order valence-corrected chi connectivity index (χ4v) is 8.37. The minimum absolute atomic E-state index is 0.0439. The zero-order chi connectivity index (χ0) is 32.5. The molecule has 9 heteroatoms. The van der Waals surface area contributed by atoms with Crippen molar-refractivity contribution in [1.29, 1.82) is 0 Å². The van der Waals surface area contributed by atoms with E-state index in [4.69, 9.17) is 14.5 Å². The molecule has 1 atom stereocenters. The van der Waals surface area contributed by atoms with E-state index < -0.39 is 6.09 Å². The molecule has 2 amide bonds. The van der Waals surface area contributed by atoms with Crippen LogP contribution in [0, 0.1) is 18.3 Å². The fraction of sp³-hybridized carbons (Fsp3) is 0.568. The third-order valence-electron chi connectivity index (χ3n) is 11.4. The fourth-order valence-electron chi connectivity index (χ4n) is 8.37. The van der Waals surface area contributed by atoms with Crippen LogP contribution in [0.1, 0.15) is 107 Å². The third-order valence-corrected chi connectivity index (χ3v) is 11.4. The lowest BCUT2D eigenvalue weighted by Crippen LogP contribution is -2.52. The number of carbonyl (C=O) groups excluding carboxylic acids is 2. The van der Waals surface area contributed by atoms with E-state index in [1.165, 1.54) is 18.2 Å².